The van der Waals surface area contributed by atoms with Crippen LogP contribution in [0.3, 0.4) is 0 Å². The minimum Gasteiger partial charge on any atom is -0.494 e. The molecule has 0 amide bonds. The Morgan fingerprint density at radius 1 is 0.862 bits per heavy atom. The summed E-state index contributed by atoms with van der Waals surface area (Å²) in [6.07, 6.45) is 0. The van der Waals surface area contributed by atoms with E-state index < -0.39 is 0 Å². The summed E-state index contributed by atoms with van der Waals surface area (Å²) in [7, 11) is 1.62. The normalized spacial score (nSPS) is 11.2. The van der Waals surface area contributed by atoms with Gasteiger partial charge in [0.25, 0.3) is 0 Å². The first-order valence-corrected chi connectivity index (χ1v) is 9.50. The van der Waals surface area contributed by atoms with Gasteiger partial charge in [0.2, 0.25) is 0 Å². The number of hydrogen-bond acceptors (Lipinski definition) is 2. The molecular weight excluding hydrogens is 363 g/mol. The fourth-order valence-electron chi connectivity index (χ4n) is 3.81. The summed E-state index contributed by atoms with van der Waals surface area (Å²) in [5, 5.41) is 2.38. The Morgan fingerprint density at radius 2 is 1.66 bits per heavy atom. The highest BCUT2D eigenvalue weighted by Crippen LogP contribution is 2.32. The standard InChI is InChI=1S/C25H19FN2O/c1-29-23-12-6-11-22-24(23)27-25(20-9-4-5-10-21(20)26)28(22)16-17-13-14-18-7-2-3-8-19(18)15-17/h2-15H,16H2,1H3. The number of imidazole rings is 1. The van der Waals surface area contributed by atoms with Gasteiger partial charge in [0.15, 0.2) is 0 Å². The van der Waals surface area contributed by atoms with Gasteiger partial charge in [-0.25, -0.2) is 9.37 Å². The Balaban J connectivity index is 1.72. The molecule has 4 heteroatoms. The Hall–Kier alpha value is -3.66. The predicted octanol–water partition coefficient (Wildman–Crippen LogP) is 6.05. The highest BCUT2D eigenvalue weighted by molar-refractivity contribution is 5.86. The molecule has 0 bridgehead atoms. The van der Waals surface area contributed by atoms with Gasteiger partial charge in [-0.3, -0.25) is 0 Å². The zero-order chi connectivity index (χ0) is 19.8. The Kier molecular flexibility index (Phi) is 4.24. The molecule has 0 radical (unpaired) electrons. The molecule has 142 valence electrons. The minimum atomic E-state index is -0.290. The summed E-state index contributed by atoms with van der Waals surface area (Å²) in [6, 6.07) is 27.2. The van der Waals surface area contributed by atoms with Crippen LogP contribution in [0.1, 0.15) is 5.56 Å². The molecule has 1 heterocycles. The molecule has 0 aliphatic rings. The summed E-state index contributed by atoms with van der Waals surface area (Å²) in [6.45, 7) is 0.582. The summed E-state index contributed by atoms with van der Waals surface area (Å²) < 4.78 is 22.2. The first-order chi connectivity index (χ1) is 14.2. The van der Waals surface area contributed by atoms with Crippen LogP contribution in [0.4, 0.5) is 4.39 Å². The molecule has 3 nitrogen and oxygen atoms in total. The van der Waals surface area contributed by atoms with Crippen LogP contribution in [0.25, 0.3) is 33.2 Å². The van der Waals surface area contributed by atoms with Crippen molar-refractivity contribution < 1.29 is 9.13 Å². The third-order valence-electron chi connectivity index (χ3n) is 5.23. The van der Waals surface area contributed by atoms with Crippen LogP contribution < -0.4 is 4.74 Å². The van der Waals surface area contributed by atoms with E-state index in [1.807, 2.05) is 36.4 Å². The average Bonchev–Trinajstić information content (AvgIpc) is 3.12. The van der Waals surface area contributed by atoms with Crippen molar-refractivity contribution in [1.29, 1.82) is 0 Å². The number of rotatable bonds is 4. The van der Waals surface area contributed by atoms with Gasteiger partial charge in [0.1, 0.15) is 22.9 Å². The average molecular weight is 382 g/mol. The van der Waals surface area contributed by atoms with Gasteiger partial charge in [-0.2, -0.15) is 0 Å². The fraction of sp³-hybridized carbons (Fsp3) is 0.0800. The molecule has 0 atom stereocenters. The molecule has 0 aliphatic carbocycles. The van der Waals surface area contributed by atoms with E-state index in [1.54, 1.807) is 19.2 Å². The molecule has 0 saturated heterocycles. The van der Waals surface area contributed by atoms with Gasteiger partial charge in [-0.05, 0) is 46.7 Å². The second-order valence-electron chi connectivity index (χ2n) is 7.01. The van der Waals surface area contributed by atoms with E-state index >= 15 is 0 Å². The minimum absolute atomic E-state index is 0.290. The van der Waals surface area contributed by atoms with E-state index in [2.05, 4.69) is 34.9 Å². The van der Waals surface area contributed by atoms with Crippen LogP contribution in [-0.2, 0) is 6.54 Å². The molecule has 0 aliphatic heterocycles. The number of fused-ring (bicyclic) bond motifs is 2. The molecule has 1 aromatic heterocycles. The zero-order valence-corrected chi connectivity index (χ0v) is 16.0. The molecule has 0 fully saturated rings. The molecule has 5 rings (SSSR count). The van der Waals surface area contributed by atoms with Crippen molar-refractivity contribution >= 4 is 21.8 Å². The highest BCUT2D eigenvalue weighted by atomic mass is 19.1. The Labute approximate surface area is 168 Å². The van der Waals surface area contributed by atoms with E-state index in [9.17, 15) is 4.39 Å². The van der Waals surface area contributed by atoms with Crippen LogP contribution in [0, 0.1) is 5.82 Å². The number of aromatic nitrogens is 2. The van der Waals surface area contributed by atoms with Gasteiger partial charge in [0.05, 0.1) is 18.2 Å². The van der Waals surface area contributed by atoms with E-state index in [0.717, 1.165) is 16.6 Å². The molecule has 0 saturated carbocycles. The monoisotopic (exact) mass is 382 g/mol. The molecule has 0 unspecified atom stereocenters. The first-order valence-electron chi connectivity index (χ1n) is 9.50. The van der Waals surface area contributed by atoms with Crippen molar-refractivity contribution in [2.45, 2.75) is 6.54 Å². The summed E-state index contributed by atoms with van der Waals surface area (Å²) in [4.78, 5) is 4.77. The van der Waals surface area contributed by atoms with Gasteiger partial charge in [-0.1, -0.05) is 54.6 Å². The van der Waals surface area contributed by atoms with Crippen molar-refractivity contribution in [2.75, 3.05) is 7.11 Å². The summed E-state index contributed by atoms with van der Waals surface area (Å²) in [5.74, 6) is 0.981. The second kappa shape index (κ2) is 7.06. The number of methoxy groups -OCH3 is 1. The highest BCUT2D eigenvalue weighted by Gasteiger charge is 2.18. The second-order valence-corrected chi connectivity index (χ2v) is 7.01. The number of ether oxygens (including phenoxy) is 1. The number of benzene rings is 4. The zero-order valence-electron chi connectivity index (χ0n) is 16.0. The maximum Gasteiger partial charge on any atom is 0.146 e. The SMILES string of the molecule is COc1cccc2c1nc(-c1ccccc1F)n2Cc1ccc2ccccc2c1. The Bertz CT molecular complexity index is 1340. The van der Waals surface area contributed by atoms with E-state index in [-0.39, 0.29) is 5.82 Å². The van der Waals surface area contributed by atoms with Crippen LogP contribution in [0.5, 0.6) is 5.75 Å². The lowest BCUT2D eigenvalue weighted by Gasteiger charge is -2.11. The quantitative estimate of drug-likeness (QED) is 0.378. The van der Waals surface area contributed by atoms with E-state index in [0.29, 0.717) is 23.7 Å². The maximum atomic E-state index is 14.6. The molecule has 4 aromatic carbocycles. The summed E-state index contributed by atoms with van der Waals surface area (Å²) >= 11 is 0. The lowest BCUT2D eigenvalue weighted by Crippen LogP contribution is -2.03. The smallest absolute Gasteiger partial charge is 0.146 e. The third kappa shape index (κ3) is 3.03. The van der Waals surface area contributed by atoms with Crippen LogP contribution >= 0.6 is 0 Å². The number of halogens is 1. The largest absolute Gasteiger partial charge is 0.494 e. The van der Waals surface area contributed by atoms with Crippen LogP contribution in [0.2, 0.25) is 0 Å². The van der Waals surface area contributed by atoms with E-state index in [1.165, 1.54) is 16.8 Å². The predicted molar refractivity (Wildman–Crippen MR) is 115 cm³/mol. The van der Waals surface area contributed by atoms with Crippen molar-refractivity contribution in [3.05, 3.63) is 96.3 Å². The topological polar surface area (TPSA) is 27.1 Å². The third-order valence-corrected chi connectivity index (χ3v) is 5.23. The molecule has 5 aromatic rings. The maximum absolute atomic E-state index is 14.6. The molecule has 29 heavy (non-hydrogen) atoms. The fourth-order valence-corrected chi connectivity index (χ4v) is 3.81. The Morgan fingerprint density at radius 3 is 2.48 bits per heavy atom. The van der Waals surface area contributed by atoms with Crippen molar-refractivity contribution in [1.82, 2.24) is 9.55 Å². The van der Waals surface area contributed by atoms with Crippen LogP contribution in [0.15, 0.2) is 84.9 Å². The summed E-state index contributed by atoms with van der Waals surface area (Å²) in [5.41, 5.74) is 3.25. The van der Waals surface area contributed by atoms with Crippen LogP contribution in [-0.4, -0.2) is 16.7 Å². The van der Waals surface area contributed by atoms with Crippen molar-refractivity contribution in [2.24, 2.45) is 0 Å². The lowest BCUT2D eigenvalue weighted by atomic mass is 10.1. The van der Waals surface area contributed by atoms with Crippen molar-refractivity contribution in [3.63, 3.8) is 0 Å². The molecular formula is C25H19FN2O. The van der Waals surface area contributed by atoms with Gasteiger partial charge in [0, 0.05) is 6.54 Å². The van der Waals surface area contributed by atoms with Gasteiger partial charge >= 0.3 is 0 Å². The van der Waals surface area contributed by atoms with Gasteiger partial charge < -0.3 is 9.30 Å². The number of hydrogen-bond donors (Lipinski definition) is 0. The molecule has 0 spiro atoms. The first kappa shape index (κ1) is 17.4. The van der Waals surface area contributed by atoms with Gasteiger partial charge in [-0.15, -0.1) is 0 Å². The lowest BCUT2D eigenvalue weighted by molar-refractivity contribution is 0.419. The number of nitrogens with zero attached hydrogens (tertiary/aromatic N) is 2. The molecule has 0 N–H and O–H groups in total. The van der Waals surface area contributed by atoms with Crippen molar-refractivity contribution in [3.8, 4) is 17.1 Å². The van der Waals surface area contributed by atoms with E-state index in [4.69, 9.17) is 9.72 Å². The number of para-hydroxylation sites is 1.